The fourth-order valence-electron chi connectivity index (χ4n) is 18.3. The number of Topliss-reactive ketones (excluding diaryl/α,β-unsaturated/α-hetero) is 7. The van der Waals surface area contributed by atoms with Crippen molar-refractivity contribution in [3.05, 3.63) is 232 Å². The maximum atomic E-state index is 13.8. The number of piperidine rings is 2. The second kappa shape index (κ2) is 67.7. The Labute approximate surface area is 924 Å². The molecule has 830 valence electrons. The SMILES string of the molecule is CC(C)C(=O)[C@@H](CN1CCN(S(C)(=O)=O)CC1)c1ccc(Cl)cc1.CCN1CCN(C[C@H](C(=O)C(C)C)c2ccc(Cl)cc2)CC1.CNC1CCN(C[C@@H](C(=O)C(C)C)c2ccc(Cl)cc2)CC1.CNC1CCN(C[C@H](C(=O)C(C)C)c2ccc(Cl)cc2)CC1.COc1cc([C@@H](CNC(C)C)C(=O)C(C)C)ccc1Cl.COc1ccc([C@@H](CNC(C)C)C(=O)C(C)C)cc1F.Cc1cc([C@@H](CNC(C)C)C(=O)C(C)C)ccc1Cl. The van der Waals surface area contributed by atoms with Gasteiger partial charge in [0, 0.05) is 195 Å². The number of halogens is 7. The van der Waals surface area contributed by atoms with Crippen LogP contribution < -0.4 is 36.1 Å². The third kappa shape index (κ3) is 46.1. The summed E-state index contributed by atoms with van der Waals surface area (Å²) < 4.78 is 48.7. The fraction of sp³-hybridized carbons (Fsp3) is 0.588. The number of methoxy groups -OCH3 is 2. The van der Waals surface area contributed by atoms with Crippen LogP contribution in [0.5, 0.6) is 11.5 Å². The smallest absolute Gasteiger partial charge is 0.211 e. The van der Waals surface area contributed by atoms with Gasteiger partial charge >= 0.3 is 0 Å². The zero-order valence-electron chi connectivity index (χ0n) is 94.1. The van der Waals surface area contributed by atoms with E-state index in [4.69, 9.17) is 79.1 Å². The third-order valence-electron chi connectivity index (χ3n) is 27.9. The van der Waals surface area contributed by atoms with E-state index in [2.05, 4.69) is 85.7 Å². The van der Waals surface area contributed by atoms with Gasteiger partial charge < -0.3 is 50.8 Å². The highest BCUT2D eigenvalue weighted by molar-refractivity contribution is 7.88. The van der Waals surface area contributed by atoms with Gasteiger partial charge in [0.1, 0.15) is 46.2 Å². The molecule has 30 heteroatoms. The monoisotopic (exact) mass is 2200 g/mol. The Bertz CT molecular complexity index is 5060. The number of hydrogen-bond donors (Lipinski definition) is 5. The van der Waals surface area contributed by atoms with E-state index in [9.17, 15) is 46.4 Å². The second-order valence-electron chi connectivity index (χ2n) is 42.9. The Hall–Kier alpha value is -6.99. The quantitative estimate of drug-likeness (QED) is 0.0238. The predicted molar refractivity (Wildman–Crippen MR) is 619 cm³/mol. The number of nitrogens with one attached hydrogen (secondary N) is 5. The molecule has 149 heavy (non-hydrogen) atoms. The molecule has 0 amide bonds. The lowest BCUT2D eigenvalue weighted by molar-refractivity contribution is -0.124. The van der Waals surface area contributed by atoms with Gasteiger partial charge in [-0.3, -0.25) is 43.4 Å². The molecule has 0 aliphatic carbocycles. The topological polar surface area (TPSA) is 252 Å². The van der Waals surface area contributed by atoms with E-state index in [0.29, 0.717) is 125 Å². The van der Waals surface area contributed by atoms with Crippen molar-refractivity contribution in [3.8, 4) is 11.5 Å². The molecule has 22 nitrogen and oxygen atoms in total. The minimum atomic E-state index is -3.14. The molecule has 4 heterocycles. The van der Waals surface area contributed by atoms with E-state index < -0.39 is 15.8 Å². The lowest BCUT2D eigenvalue weighted by Gasteiger charge is -2.36. The first-order valence-electron chi connectivity index (χ1n) is 53.6. The van der Waals surface area contributed by atoms with E-state index in [1.807, 2.05) is 247 Å². The van der Waals surface area contributed by atoms with Crippen molar-refractivity contribution < 1.29 is 55.8 Å². The van der Waals surface area contributed by atoms with Gasteiger partial charge in [-0.2, -0.15) is 4.31 Å². The van der Waals surface area contributed by atoms with Crippen LogP contribution in [0.2, 0.25) is 30.1 Å². The Morgan fingerprint density at radius 2 is 0.570 bits per heavy atom. The molecule has 7 aromatic rings. The summed E-state index contributed by atoms with van der Waals surface area (Å²) in [4.78, 5) is 99.6. The Kier molecular flexibility index (Phi) is 60.2. The van der Waals surface area contributed by atoms with Gasteiger partial charge in [0.25, 0.3) is 0 Å². The van der Waals surface area contributed by atoms with Crippen molar-refractivity contribution in [1.29, 1.82) is 0 Å². The maximum Gasteiger partial charge on any atom is 0.211 e. The molecule has 0 aromatic heterocycles. The Morgan fingerprint density at radius 3 is 0.819 bits per heavy atom. The highest BCUT2D eigenvalue weighted by atomic mass is 35.5. The van der Waals surface area contributed by atoms with E-state index in [-0.39, 0.29) is 118 Å². The predicted octanol–water partition coefficient (Wildman–Crippen LogP) is 22.9. The summed E-state index contributed by atoms with van der Waals surface area (Å²) in [6.45, 7) is 60.5. The van der Waals surface area contributed by atoms with Gasteiger partial charge in [0.2, 0.25) is 10.0 Å². The lowest BCUT2D eigenvalue weighted by Crippen LogP contribution is -2.49. The largest absolute Gasteiger partial charge is 0.495 e. The zero-order chi connectivity index (χ0) is 111. The molecule has 7 atom stereocenters. The highest BCUT2D eigenvalue weighted by Crippen LogP contribution is 2.35. The molecule has 11 rings (SSSR count). The molecular weight excluding hydrogens is 2020 g/mol. The van der Waals surface area contributed by atoms with Crippen LogP contribution >= 0.6 is 69.6 Å². The van der Waals surface area contributed by atoms with Crippen LogP contribution in [0.3, 0.4) is 0 Å². The number of rotatable bonds is 44. The van der Waals surface area contributed by atoms with Crippen LogP contribution in [0.4, 0.5) is 4.39 Å². The average Bonchev–Trinajstić information content (AvgIpc) is 0.829. The first kappa shape index (κ1) is 132. The molecule has 7 aromatic carbocycles. The van der Waals surface area contributed by atoms with Gasteiger partial charge in [-0.15, -0.1) is 0 Å². The molecule has 0 bridgehead atoms. The molecule has 4 saturated heterocycles. The van der Waals surface area contributed by atoms with Crippen molar-refractivity contribution in [1.82, 2.24) is 55.4 Å². The summed E-state index contributed by atoms with van der Waals surface area (Å²) in [5.41, 5.74) is 7.91. The highest BCUT2D eigenvalue weighted by Gasteiger charge is 2.36. The van der Waals surface area contributed by atoms with Crippen LogP contribution in [-0.4, -0.2) is 273 Å². The summed E-state index contributed by atoms with van der Waals surface area (Å²) in [5.74, 6) is 1.20. The molecule has 0 unspecified atom stereocenters. The zero-order valence-corrected chi connectivity index (χ0v) is 99.5. The maximum absolute atomic E-state index is 13.8. The number of aryl methyl sites for hydroxylation is 1. The van der Waals surface area contributed by atoms with Crippen molar-refractivity contribution in [2.75, 3.05) is 165 Å². The number of piperazine rings is 2. The number of sulfonamides is 1. The molecule has 4 aliphatic heterocycles. The number of ether oxygens (including phenoxy) is 2. The van der Waals surface area contributed by atoms with Crippen LogP contribution in [0, 0.1) is 54.2 Å². The van der Waals surface area contributed by atoms with Gasteiger partial charge in [-0.1, -0.05) is 288 Å². The van der Waals surface area contributed by atoms with Crippen LogP contribution in [0.1, 0.15) is 257 Å². The van der Waals surface area contributed by atoms with Crippen molar-refractivity contribution in [3.63, 3.8) is 0 Å². The fourth-order valence-corrected chi connectivity index (χ4v) is 19.9. The molecular formula is C119H178Cl6FN11O11S. The number of nitrogens with zero attached hydrogens (tertiary/aromatic N) is 6. The first-order valence-corrected chi connectivity index (χ1v) is 57.7. The Morgan fingerprint density at radius 1 is 0.329 bits per heavy atom. The number of likely N-dealkylation sites (tertiary alicyclic amines) is 2. The number of benzene rings is 7. The minimum absolute atomic E-state index is 0.00404. The lowest BCUT2D eigenvalue weighted by atomic mass is 9.88. The molecule has 4 fully saturated rings. The summed E-state index contributed by atoms with van der Waals surface area (Å²) in [7, 11) is 3.92. The average molecular weight is 2200 g/mol. The third-order valence-corrected chi connectivity index (χ3v) is 30.9. The van der Waals surface area contributed by atoms with Crippen LogP contribution in [0.15, 0.2) is 152 Å². The molecule has 0 saturated carbocycles. The standard InChI is InChI=1S/3C18H27ClN2O.C17H25ClN2O3S.C16H24ClNO2.C16H24ClNO.C16H24FNO2/c2*1-13(2)18(22)17(14-4-6-15(19)7-5-14)12-21-10-8-16(20-3)9-11-21;1-4-20-9-11-21(12-10-20)13-17(18(22)14(2)3)15-5-7-16(19)8-6-15;1-13(2)17(21)16(14-4-6-15(18)7-5-14)12-19-8-10-20(11-9-19)24(3,22)23;1-10(2)16(19)13(9-18-11(3)4)12-6-7-14(17)15(8-12)20-5;1-10(2)16(19)14(9-18-11(3)4)13-6-7-15(17)12(5)8-13;1-10(2)16(19)13(9-18-11(3)4)12-6-7-15(20-5)14(17)8-12/h2*4-7,13,16-17,20H,8-12H2,1-3H3;5-8,14,17H,4,9-13H2,1-3H3;4-7,13,16H,8-12H2,1-3H3;6-8,10-11,13,18H,9H2,1-5H3;6-8,10-11,14,18H,9H2,1-5H3;6-8,10-11,13,18H,9H2,1-5H3/t3*17-;16-;13-;14-;13-/m1000111/s1. The normalized spacial score (nSPS) is 16.3. The number of hydrogen-bond acceptors (Lipinski definition) is 21. The van der Waals surface area contributed by atoms with E-state index >= 15 is 0 Å². The summed E-state index contributed by atoms with van der Waals surface area (Å²) in [6, 6.07) is 49.0. The first-order chi connectivity index (χ1) is 70.3. The van der Waals surface area contributed by atoms with Crippen molar-refractivity contribution in [2.45, 2.75) is 250 Å². The molecule has 0 radical (unpaired) electrons. The van der Waals surface area contributed by atoms with Crippen molar-refractivity contribution >= 4 is 120 Å². The van der Waals surface area contributed by atoms with E-state index in [1.54, 1.807) is 37.4 Å². The van der Waals surface area contributed by atoms with E-state index in [1.165, 1.54) is 23.7 Å². The number of carbonyl (C=O) groups is 7. The molecule has 5 N–H and O–H groups in total. The summed E-state index contributed by atoms with van der Waals surface area (Å²) in [6.07, 6.45) is 5.85. The van der Waals surface area contributed by atoms with Gasteiger partial charge in [0.05, 0.1) is 66.9 Å². The molecule has 4 aliphatic rings. The summed E-state index contributed by atoms with van der Waals surface area (Å²) >= 11 is 36.0. The summed E-state index contributed by atoms with van der Waals surface area (Å²) in [5, 5.41) is 20.8. The minimum Gasteiger partial charge on any atom is -0.495 e. The van der Waals surface area contributed by atoms with Gasteiger partial charge in [-0.05, 0) is 203 Å². The number of ketones is 7. The molecule has 0 spiro atoms. The van der Waals surface area contributed by atoms with Crippen LogP contribution in [0.25, 0.3) is 0 Å². The van der Waals surface area contributed by atoms with Crippen LogP contribution in [-0.2, 0) is 43.6 Å². The van der Waals surface area contributed by atoms with Crippen molar-refractivity contribution in [2.24, 2.45) is 41.4 Å². The Balaban J connectivity index is 0.000000306. The van der Waals surface area contributed by atoms with Gasteiger partial charge in [0.15, 0.2) is 11.6 Å². The second-order valence-corrected chi connectivity index (χ2v) is 47.4. The van der Waals surface area contributed by atoms with E-state index in [0.717, 1.165) is 153 Å². The number of likely N-dealkylation sites (N-methyl/N-ethyl adjacent to an activating group) is 1. The number of carbonyl (C=O) groups excluding carboxylic acids is 7. The van der Waals surface area contributed by atoms with Gasteiger partial charge in [-0.25, -0.2) is 12.8 Å².